The van der Waals surface area contributed by atoms with E-state index in [1.54, 1.807) is 18.2 Å². The lowest BCUT2D eigenvalue weighted by molar-refractivity contribution is 0.281. The number of aliphatic hydroxyl groups is 1. The number of aliphatic hydroxyl groups excluding tert-OH is 1. The van der Waals surface area contributed by atoms with Gasteiger partial charge in [-0.25, -0.2) is 0 Å². The highest BCUT2D eigenvalue weighted by molar-refractivity contribution is 5.43. The summed E-state index contributed by atoms with van der Waals surface area (Å²) in [6.07, 6.45) is 0. The molecule has 0 bridgehead atoms. The van der Waals surface area contributed by atoms with E-state index in [0.29, 0.717) is 5.56 Å². The van der Waals surface area contributed by atoms with Gasteiger partial charge < -0.3 is 5.11 Å². The second-order valence-corrected chi connectivity index (χ2v) is 2.18. The molecule has 2 nitrogen and oxygen atoms in total. The van der Waals surface area contributed by atoms with Gasteiger partial charge in [-0.1, -0.05) is 24.1 Å². The molecule has 0 unspecified atom stereocenters. The van der Waals surface area contributed by atoms with Crippen molar-refractivity contribution in [3.8, 4) is 17.9 Å². The van der Waals surface area contributed by atoms with E-state index in [2.05, 4.69) is 11.8 Å². The van der Waals surface area contributed by atoms with E-state index in [9.17, 15) is 0 Å². The summed E-state index contributed by atoms with van der Waals surface area (Å²) in [5, 5.41) is 17.1. The van der Waals surface area contributed by atoms with E-state index >= 15 is 0 Å². The van der Waals surface area contributed by atoms with Crippen LogP contribution in [0.4, 0.5) is 0 Å². The molecule has 0 heterocycles. The Bertz CT molecular complexity index is 365. The summed E-state index contributed by atoms with van der Waals surface area (Å²) in [4.78, 5) is 0. The van der Waals surface area contributed by atoms with Crippen LogP contribution in [0.2, 0.25) is 0 Å². The third kappa shape index (κ3) is 1.85. The number of hydrogen-bond acceptors (Lipinski definition) is 2. The second-order valence-electron chi connectivity index (χ2n) is 2.18. The molecule has 0 saturated carbocycles. The topological polar surface area (TPSA) is 44.0 Å². The quantitative estimate of drug-likeness (QED) is 0.619. The van der Waals surface area contributed by atoms with Crippen LogP contribution in [0.15, 0.2) is 24.3 Å². The molecule has 0 spiro atoms. The van der Waals surface area contributed by atoms with Crippen molar-refractivity contribution in [1.82, 2.24) is 0 Å². The molecule has 0 aliphatic carbocycles. The molecule has 1 N–H and O–H groups in total. The molecule has 0 aromatic heterocycles. The Kier molecular flexibility index (Phi) is 2.90. The van der Waals surface area contributed by atoms with Gasteiger partial charge in [-0.2, -0.15) is 5.26 Å². The third-order valence-electron chi connectivity index (χ3n) is 1.44. The minimum Gasteiger partial charge on any atom is -0.392 e. The minimum absolute atomic E-state index is 0.0454. The molecule has 0 saturated heterocycles. The third-order valence-corrected chi connectivity index (χ3v) is 1.44. The van der Waals surface area contributed by atoms with Gasteiger partial charge >= 0.3 is 0 Å². The molecule has 0 amide bonds. The lowest BCUT2D eigenvalue weighted by atomic mass is 10.1. The predicted octanol–water partition coefficient (Wildman–Crippen LogP) is 1.05. The maximum absolute atomic E-state index is 8.87. The lowest BCUT2D eigenvalue weighted by Crippen LogP contribution is -1.87. The van der Waals surface area contributed by atoms with Crippen LogP contribution in [0, 0.1) is 23.2 Å². The predicted molar refractivity (Wildman–Crippen MR) is 44.9 cm³/mol. The highest BCUT2D eigenvalue weighted by Gasteiger charge is 1.94. The number of hydrogen-bond donors (Lipinski definition) is 1. The number of nitriles is 1. The van der Waals surface area contributed by atoms with Gasteiger partial charge in [-0.3, -0.25) is 0 Å². The Morgan fingerprint density at radius 1 is 1.33 bits per heavy atom. The first-order valence-electron chi connectivity index (χ1n) is 3.47. The van der Waals surface area contributed by atoms with Crippen molar-refractivity contribution < 1.29 is 5.11 Å². The van der Waals surface area contributed by atoms with E-state index in [1.165, 1.54) is 0 Å². The first kappa shape index (κ1) is 8.33. The molecule has 0 atom stereocenters. The van der Waals surface area contributed by atoms with Gasteiger partial charge in [0.1, 0.15) is 0 Å². The standard InChI is InChI=1S/C10H7NO/c11-7-3-6-9-4-1-2-5-10(9)8-12/h1-2,4-5,12H,8H2. The molecule has 12 heavy (non-hydrogen) atoms. The molecule has 0 aliphatic heterocycles. The number of rotatable bonds is 1. The van der Waals surface area contributed by atoms with Gasteiger partial charge in [0.15, 0.2) is 6.07 Å². The molecule has 1 aromatic carbocycles. The summed E-state index contributed by atoms with van der Waals surface area (Å²) in [6.45, 7) is -0.0454. The summed E-state index contributed by atoms with van der Waals surface area (Å²) >= 11 is 0. The Morgan fingerprint density at radius 3 is 2.75 bits per heavy atom. The van der Waals surface area contributed by atoms with Gasteiger partial charge in [-0.05, 0) is 11.6 Å². The van der Waals surface area contributed by atoms with Crippen LogP contribution >= 0.6 is 0 Å². The summed E-state index contributed by atoms with van der Waals surface area (Å²) < 4.78 is 0. The molecular weight excluding hydrogens is 150 g/mol. The van der Waals surface area contributed by atoms with Crippen molar-refractivity contribution >= 4 is 0 Å². The van der Waals surface area contributed by atoms with E-state index < -0.39 is 0 Å². The highest BCUT2D eigenvalue weighted by Crippen LogP contribution is 2.06. The second kappa shape index (κ2) is 4.18. The van der Waals surface area contributed by atoms with Gasteiger partial charge in [0.2, 0.25) is 0 Å². The van der Waals surface area contributed by atoms with Crippen molar-refractivity contribution in [2.45, 2.75) is 6.61 Å². The molecule has 1 rings (SSSR count). The van der Waals surface area contributed by atoms with Crippen LogP contribution in [-0.2, 0) is 6.61 Å². The van der Waals surface area contributed by atoms with Crippen molar-refractivity contribution in [2.75, 3.05) is 0 Å². The van der Waals surface area contributed by atoms with Gasteiger partial charge in [0.25, 0.3) is 0 Å². The zero-order valence-electron chi connectivity index (χ0n) is 6.41. The molecule has 1 aromatic rings. The summed E-state index contributed by atoms with van der Waals surface area (Å²) in [5.74, 6) is 4.93. The number of nitrogens with zero attached hydrogens (tertiary/aromatic N) is 1. The fourth-order valence-electron chi connectivity index (χ4n) is 0.875. The highest BCUT2D eigenvalue weighted by atomic mass is 16.3. The summed E-state index contributed by atoms with van der Waals surface area (Å²) in [6, 6.07) is 8.92. The normalized spacial score (nSPS) is 8.00. The average Bonchev–Trinajstić information content (AvgIpc) is 2.15. The lowest BCUT2D eigenvalue weighted by Gasteiger charge is -1.97. The minimum atomic E-state index is -0.0454. The van der Waals surface area contributed by atoms with Gasteiger partial charge in [0, 0.05) is 11.5 Å². The van der Waals surface area contributed by atoms with Crippen LogP contribution in [0.1, 0.15) is 11.1 Å². The van der Waals surface area contributed by atoms with E-state index in [4.69, 9.17) is 10.4 Å². The smallest absolute Gasteiger partial charge is 0.152 e. The fraction of sp³-hybridized carbons (Fsp3) is 0.100. The first-order valence-corrected chi connectivity index (χ1v) is 3.47. The van der Waals surface area contributed by atoms with E-state index in [-0.39, 0.29) is 6.61 Å². The zero-order valence-corrected chi connectivity index (χ0v) is 6.41. The summed E-state index contributed by atoms with van der Waals surface area (Å²) in [5.41, 5.74) is 1.46. The SMILES string of the molecule is N#CC#Cc1ccccc1CO. The molecular formula is C10H7NO. The van der Waals surface area contributed by atoms with Crippen molar-refractivity contribution in [3.05, 3.63) is 35.4 Å². The van der Waals surface area contributed by atoms with Crippen LogP contribution < -0.4 is 0 Å². The molecule has 0 fully saturated rings. The summed E-state index contributed by atoms with van der Waals surface area (Å²) in [7, 11) is 0. The van der Waals surface area contributed by atoms with Crippen LogP contribution in [-0.4, -0.2) is 5.11 Å². The molecule has 0 aliphatic rings. The van der Waals surface area contributed by atoms with Crippen molar-refractivity contribution in [2.24, 2.45) is 0 Å². The fourth-order valence-corrected chi connectivity index (χ4v) is 0.875. The van der Waals surface area contributed by atoms with Crippen LogP contribution in [0.3, 0.4) is 0 Å². The zero-order chi connectivity index (χ0) is 8.81. The first-order chi connectivity index (χ1) is 5.88. The van der Waals surface area contributed by atoms with Crippen LogP contribution in [0.5, 0.6) is 0 Å². The number of benzene rings is 1. The Labute approximate surface area is 71.1 Å². The van der Waals surface area contributed by atoms with Crippen molar-refractivity contribution in [3.63, 3.8) is 0 Å². The molecule has 0 radical (unpaired) electrons. The average molecular weight is 157 g/mol. The molecule has 2 heteroatoms. The largest absolute Gasteiger partial charge is 0.392 e. The maximum Gasteiger partial charge on any atom is 0.152 e. The Hall–Kier alpha value is -1.77. The van der Waals surface area contributed by atoms with E-state index in [0.717, 1.165) is 5.56 Å². The monoisotopic (exact) mass is 157 g/mol. The van der Waals surface area contributed by atoms with Gasteiger partial charge in [0.05, 0.1) is 6.61 Å². The Balaban J connectivity index is 3.07. The van der Waals surface area contributed by atoms with Crippen molar-refractivity contribution in [1.29, 1.82) is 5.26 Å². The Morgan fingerprint density at radius 2 is 2.08 bits per heavy atom. The van der Waals surface area contributed by atoms with Gasteiger partial charge in [-0.15, -0.1) is 0 Å². The van der Waals surface area contributed by atoms with E-state index in [1.807, 2.05) is 12.1 Å². The van der Waals surface area contributed by atoms with Crippen LogP contribution in [0.25, 0.3) is 0 Å². The molecule has 58 valence electrons. The maximum atomic E-state index is 8.87.